The molecule has 0 spiro atoms. The van der Waals surface area contributed by atoms with E-state index in [4.69, 9.17) is 16.3 Å². The second kappa shape index (κ2) is 7.69. The molecule has 1 fully saturated rings. The van der Waals surface area contributed by atoms with Gasteiger partial charge in [0, 0.05) is 24.5 Å². The lowest BCUT2D eigenvalue weighted by Crippen LogP contribution is -2.39. The maximum Gasteiger partial charge on any atom is 0.222 e. The molecule has 0 N–H and O–H groups in total. The van der Waals surface area contributed by atoms with Gasteiger partial charge in [-0.05, 0) is 55.9 Å². The first-order valence-corrected chi connectivity index (χ1v) is 8.11. The lowest BCUT2D eigenvalue weighted by molar-refractivity contribution is -0.133. The number of hydrogen-bond acceptors (Lipinski definition) is 2. The maximum atomic E-state index is 12.1. The molecule has 0 bridgehead atoms. The van der Waals surface area contributed by atoms with Crippen LogP contribution in [0.1, 0.15) is 38.2 Å². The zero-order chi connectivity index (χ0) is 15.2. The summed E-state index contributed by atoms with van der Waals surface area (Å²) < 4.78 is 5.72. The van der Waals surface area contributed by atoms with Crippen molar-refractivity contribution in [2.24, 2.45) is 5.92 Å². The standard InChI is InChI=1S/C17H24ClNO2/c1-13-5-3-9-19(12-13)17(20)6-4-10-21-16-8-7-15(18)11-14(16)2/h7-8,11,13H,3-6,9-10,12H2,1-2H3/t13-/m0/s1. The lowest BCUT2D eigenvalue weighted by Gasteiger charge is -2.31. The van der Waals surface area contributed by atoms with E-state index in [1.807, 2.05) is 30.0 Å². The molecule has 3 nitrogen and oxygen atoms in total. The van der Waals surface area contributed by atoms with E-state index >= 15 is 0 Å². The zero-order valence-corrected chi connectivity index (χ0v) is 13.7. The molecule has 1 saturated heterocycles. The first-order chi connectivity index (χ1) is 10.1. The van der Waals surface area contributed by atoms with Crippen LogP contribution in [-0.2, 0) is 4.79 Å². The summed E-state index contributed by atoms with van der Waals surface area (Å²) in [7, 11) is 0. The smallest absolute Gasteiger partial charge is 0.222 e. The van der Waals surface area contributed by atoms with Crippen LogP contribution in [0.15, 0.2) is 18.2 Å². The highest BCUT2D eigenvalue weighted by Crippen LogP contribution is 2.22. The van der Waals surface area contributed by atoms with E-state index in [-0.39, 0.29) is 5.91 Å². The van der Waals surface area contributed by atoms with Gasteiger partial charge in [-0.1, -0.05) is 18.5 Å². The Kier molecular flexibility index (Phi) is 5.92. The molecule has 1 aromatic carbocycles. The summed E-state index contributed by atoms with van der Waals surface area (Å²) in [4.78, 5) is 14.1. The third kappa shape index (κ3) is 4.92. The summed E-state index contributed by atoms with van der Waals surface area (Å²) >= 11 is 5.91. The van der Waals surface area contributed by atoms with Crippen molar-refractivity contribution in [2.75, 3.05) is 19.7 Å². The molecule has 0 radical (unpaired) electrons. The van der Waals surface area contributed by atoms with Crippen molar-refractivity contribution in [2.45, 2.75) is 39.5 Å². The molecule has 2 rings (SSSR count). The maximum absolute atomic E-state index is 12.1. The first-order valence-electron chi connectivity index (χ1n) is 7.73. The molecule has 21 heavy (non-hydrogen) atoms. The van der Waals surface area contributed by atoms with Crippen molar-refractivity contribution in [3.63, 3.8) is 0 Å². The number of piperidine rings is 1. The van der Waals surface area contributed by atoms with E-state index in [0.717, 1.165) is 37.2 Å². The van der Waals surface area contributed by atoms with Crippen LogP contribution in [-0.4, -0.2) is 30.5 Å². The number of carbonyl (C=O) groups excluding carboxylic acids is 1. The fourth-order valence-corrected chi connectivity index (χ4v) is 2.98. The number of carbonyl (C=O) groups is 1. The van der Waals surface area contributed by atoms with E-state index in [9.17, 15) is 4.79 Å². The van der Waals surface area contributed by atoms with Gasteiger partial charge in [-0.25, -0.2) is 0 Å². The van der Waals surface area contributed by atoms with Crippen molar-refractivity contribution in [1.29, 1.82) is 0 Å². The van der Waals surface area contributed by atoms with Gasteiger partial charge in [0.25, 0.3) is 0 Å². The molecule has 1 atom stereocenters. The van der Waals surface area contributed by atoms with Crippen molar-refractivity contribution in [3.05, 3.63) is 28.8 Å². The van der Waals surface area contributed by atoms with Crippen LogP contribution in [0.2, 0.25) is 5.02 Å². The van der Waals surface area contributed by atoms with Gasteiger partial charge < -0.3 is 9.64 Å². The molecule has 0 aliphatic carbocycles. The number of amides is 1. The van der Waals surface area contributed by atoms with Crippen molar-refractivity contribution < 1.29 is 9.53 Å². The predicted octanol–water partition coefficient (Wildman–Crippen LogP) is 4.07. The average Bonchev–Trinajstić information content (AvgIpc) is 2.45. The Morgan fingerprint density at radius 3 is 3.00 bits per heavy atom. The Morgan fingerprint density at radius 2 is 2.29 bits per heavy atom. The Morgan fingerprint density at radius 1 is 1.48 bits per heavy atom. The molecule has 4 heteroatoms. The minimum absolute atomic E-state index is 0.262. The molecular formula is C17H24ClNO2. The van der Waals surface area contributed by atoms with Crippen LogP contribution in [0, 0.1) is 12.8 Å². The first kappa shape index (κ1) is 16.2. The van der Waals surface area contributed by atoms with Gasteiger partial charge >= 0.3 is 0 Å². The minimum Gasteiger partial charge on any atom is -0.493 e. The number of ether oxygens (including phenoxy) is 1. The molecule has 116 valence electrons. The van der Waals surface area contributed by atoms with Crippen LogP contribution in [0.4, 0.5) is 0 Å². The Balaban J connectivity index is 1.70. The summed E-state index contributed by atoms with van der Waals surface area (Å²) in [5.41, 5.74) is 1.03. The minimum atomic E-state index is 0.262. The number of rotatable bonds is 5. The van der Waals surface area contributed by atoms with E-state index in [2.05, 4.69) is 6.92 Å². The summed E-state index contributed by atoms with van der Waals surface area (Å²) in [6, 6.07) is 5.59. The topological polar surface area (TPSA) is 29.5 Å². The van der Waals surface area contributed by atoms with Crippen LogP contribution >= 0.6 is 11.6 Å². The van der Waals surface area contributed by atoms with Gasteiger partial charge in [0.1, 0.15) is 5.75 Å². The number of likely N-dealkylation sites (tertiary alicyclic amines) is 1. The van der Waals surface area contributed by atoms with Gasteiger partial charge in [0.15, 0.2) is 0 Å². The molecule has 0 unspecified atom stereocenters. The zero-order valence-electron chi connectivity index (χ0n) is 12.9. The predicted molar refractivity (Wildman–Crippen MR) is 85.9 cm³/mol. The Labute approximate surface area is 132 Å². The molecule has 1 aromatic rings. The molecule has 1 aliphatic rings. The van der Waals surface area contributed by atoms with Crippen molar-refractivity contribution in [3.8, 4) is 5.75 Å². The van der Waals surface area contributed by atoms with E-state index in [1.165, 1.54) is 6.42 Å². The molecule has 1 aliphatic heterocycles. The van der Waals surface area contributed by atoms with E-state index < -0.39 is 0 Å². The summed E-state index contributed by atoms with van der Waals surface area (Å²) in [6.07, 6.45) is 3.70. The highest BCUT2D eigenvalue weighted by atomic mass is 35.5. The highest BCUT2D eigenvalue weighted by Gasteiger charge is 2.20. The van der Waals surface area contributed by atoms with Gasteiger partial charge in [-0.2, -0.15) is 0 Å². The normalized spacial score (nSPS) is 18.6. The summed E-state index contributed by atoms with van der Waals surface area (Å²) in [5, 5.41) is 0.717. The number of aryl methyl sites for hydroxylation is 1. The van der Waals surface area contributed by atoms with E-state index in [0.29, 0.717) is 24.0 Å². The summed E-state index contributed by atoms with van der Waals surface area (Å²) in [6.45, 7) is 6.58. The quantitative estimate of drug-likeness (QED) is 0.767. The fraction of sp³-hybridized carbons (Fsp3) is 0.588. The van der Waals surface area contributed by atoms with Gasteiger partial charge in [0.05, 0.1) is 6.61 Å². The molecule has 1 amide bonds. The van der Waals surface area contributed by atoms with Crippen LogP contribution in [0.25, 0.3) is 0 Å². The fourth-order valence-electron chi connectivity index (χ4n) is 2.75. The van der Waals surface area contributed by atoms with Crippen molar-refractivity contribution >= 4 is 17.5 Å². The Bertz CT molecular complexity index is 490. The number of halogens is 1. The lowest BCUT2D eigenvalue weighted by atomic mass is 10.00. The van der Waals surface area contributed by atoms with Gasteiger partial charge in [-0.15, -0.1) is 0 Å². The van der Waals surface area contributed by atoms with Crippen molar-refractivity contribution in [1.82, 2.24) is 4.90 Å². The second-order valence-electron chi connectivity index (χ2n) is 5.95. The molecular weight excluding hydrogens is 286 g/mol. The molecule has 0 aromatic heterocycles. The molecule has 1 heterocycles. The number of nitrogens with zero attached hydrogens (tertiary/aromatic N) is 1. The highest BCUT2D eigenvalue weighted by molar-refractivity contribution is 6.30. The van der Waals surface area contributed by atoms with Crippen LogP contribution in [0.5, 0.6) is 5.75 Å². The third-order valence-electron chi connectivity index (χ3n) is 3.94. The van der Waals surface area contributed by atoms with Gasteiger partial charge in [0.2, 0.25) is 5.91 Å². The van der Waals surface area contributed by atoms with Crippen LogP contribution in [0.3, 0.4) is 0 Å². The largest absolute Gasteiger partial charge is 0.493 e. The number of benzene rings is 1. The second-order valence-corrected chi connectivity index (χ2v) is 6.39. The van der Waals surface area contributed by atoms with E-state index in [1.54, 1.807) is 0 Å². The average molecular weight is 310 g/mol. The Hall–Kier alpha value is -1.22. The third-order valence-corrected chi connectivity index (χ3v) is 4.17. The number of hydrogen-bond donors (Lipinski definition) is 0. The monoisotopic (exact) mass is 309 g/mol. The molecule has 0 saturated carbocycles. The summed E-state index contributed by atoms with van der Waals surface area (Å²) in [5.74, 6) is 1.74. The van der Waals surface area contributed by atoms with Crippen LogP contribution < -0.4 is 4.74 Å². The van der Waals surface area contributed by atoms with Gasteiger partial charge in [-0.3, -0.25) is 4.79 Å². The SMILES string of the molecule is Cc1cc(Cl)ccc1OCCCC(=O)N1CCC[C@H](C)C1.